The molecule has 1 aromatic carbocycles. The number of carbonyl (C=O) groups excluding carboxylic acids is 1. The van der Waals surface area contributed by atoms with Gasteiger partial charge in [0.2, 0.25) is 5.95 Å². The lowest BCUT2D eigenvalue weighted by atomic mass is 9.96. The van der Waals surface area contributed by atoms with Crippen molar-refractivity contribution in [3.05, 3.63) is 84.9 Å². The molecule has 0 spiro atoms. The summed E-state index contributed by atoms with van der Waals surface area (Å²) in [5.74, 6) is 1.98. The lowest BCUT2D eigenvalue weighted by Crippen LogP contribution is -2.50. The van der Waals surface area contributed by atoms with Crippen molar-refractivity contribution in [2.24, 2.45) is 0 Å². The summed E-state index contributed by atoms with van der Waals surface area (Å²) < 4.78 is 11.4. The summed E-state index contributed by atoms with van der Waals surface area (Å²) in [4.78, 5) is 28.4. The van der Waals surface area contributed by atoms with Gasteiger partial charge in [-0.2, -0.15) is 4.98 Å². The predicted molar refractivity (Wildman–Crippen MR) is 177 cm³/mol. The third-order valence-corrected chi connectivity index (χ3v) is 8.14. The lowest BCUT2D eigenvalue weighted by Gasteiger charge is -2.40. The van der Waals surface area contributed by atoms with E-state index in [1.54, 1.807) is 0 Å². The van der Waals surface area contributed by atoms with Crippen LogP contribution in [0.25, 0.3) is 0 Å². The van der Waals surface area contributed by atoms with E-state index in [1.165, 1.54) is 5.56 Å². The molecule has 2 aliphatic rings. The van der Waals surface area contributed by atoms with Gasteiger partial charge in [0.25, 0.3) is 0 Å². The maximum Gasteiger partial charge on any atom is 0.410 e. The van der Waals surface area contributed by atoms with Gasteiger partial charge in [-0.05, 0) is 78.0 Å². The number of hydrogen-bond donors (Lipinski definition) is 1. The van der Waals surface area contributed by atoms with Crippen molar-refractivity contribution in [3.63, 3.8) is 0 Å². The number of amides is 1. The van der Waals surface area contributed by atoms with Crippen molar-refractivity contribution in [3.8, 4) is 0 Å². The number of unbranched alkanes of at least 4 members (excludes halogenated alkanes) is 1. The van der Waals surface area contributed by atoms with Gasteiger partial charge in [0, 0.05) is 44.5 Å². The van der Waals surface area contributed by atoms with Crippen molar-refractivity contribution >= 4 is 17.9 Å². The summed E-state index contributed by atoms with van der Waals surface area (Å²) in [7, 11) is 0. The molecule has 9 nitrogen and oxygen atoms in total. The van der Waals surface area contributed by atoms with Crippen LogP contribution >= 0.6 is 0 Å². The van der Waals surface area contributed by atoms with Crippen molar-refractivity contribution in [2.75, 3.05) is 36.4 Å². The molecular formula is C35H50N6O3. The fraction of sp³-hybridized carbons (Fsp3) is 0.514. The average molecular weight is 603 g/mol. The van der Waals surface area contributed by atoms with Gasteiger partial charge in [-0.15, -0.1) is 13.2 Å². The quantitative estimate of drug-likeness (QED) is 0.199. The molecule has 0 radical (unpaired) electrons. The molecule has 4 rings (SSSR count). The summed E-state index contributed by atoms with van der Waals surface area (Å²) in [5, 5.41) is 3.49. The first kappa shape index (κ1) is 33.1. The van der Waals surface area contributed by atoms with Gasteiger partial charge in [-0.1, -0.05) is 36.4 Å². The van der Waals surface area contributed by atoms with Gasteiger partial charge in [0.15, 0.2) is 5.88 Å². The van der Waals surface area contributed by atoms with Crippen LogP contribution in [-0.4, -0.2) is 63.7 Å². The molecule has 3 atom stereocenters. The van der Waals surface area contributed by atoms with E-state index in [0.717, 1.165) is 55.7 Å². The number of rotatable bonds is 12. The Morgan fingerprint density at radius 1 is 1.09 bits per heavy atom. The van der Waals surface area contributed by atoms with Crippen molar-refractivity contribution in [1.29, 1.82) is 0 Å². The maximum atomic E-state index is 12.6. The minimum absolute atomic E-state index is 0.000722. The zero-order valence-corrected chi connectivity index (χ0v) is 27.2. The number of fused-ring (bicyclic) bond motifs is 1. The topological polar surface area (TPSA) is 83.1 Å². The van der Waals surface area contributed by atoms with Crippen LogP contribution in [0.15, 0.2) is 68.2 Å². The van der Waals surface area contributed by atoms with Crippen molar-refractivity contribution in [2.45, 2.75) is 90.6 Å². The normalized spacial score (nSPS) is 17.6. The van der Waals surface area contributed by atoms with Gasteiger partial charge in [-0.3, -0.25) is 9.80 Å². The first-order valence-electron chi connectivity index (χ1n) is 15.8. The highest BCUT2D eigenvalue weighted by atomic mass is 16.6. The molecule has 44 heavy (non-hydrogen) atoms. The molecule has 2 aromatic rings. The minimum Gasteiger partial charge on any atom is -0.474 e. The second-order valence-corrected chi connectivity index (χ2v) is 12.7. The molecule has 1 saturated heterocycles. The van der Waals surface area contributed by atoms with E-state index < -0.39 is 5.60 Å². The second-order valence-electron chi connectivity index (χ2n) is 12.7. The average Bonchev–Trinajstić information content (AvgIpc) is 2.99. The van der Waals surface area contributed by atoms with Crippen LogP contribution in [0.2, 0.25) is 0 Å². The molecule has 0 saturated carbocycles. The lowest BCUT2D eigenvalue weighted by molar-refractivity contribution is 0.00963. The van der Waals surface area contributed by atoms with Crippen LogP contribution in [0.5, 0.6) is 0 Å². The molecule has 9 heteroatoms. The number of anilines is 2. The van der Waals surface area contributed by atoms with Crippen LogP contribution in [0.1, 0.15) is 89.1 Å². The molecule has 1 fully saturated rings. The number of benzene rings is 1. The summed E-state index contributed by atoms with van der Waals surface area (Å²) in [6.07, 6.45) is 9.34. The second kappa shape index (κ2) is 14.8. The van der Waals surface area contributed by atoms with E-state index >= 15 is 0 Å². The Bertz CT molecular complexity index is 1300. The summed E-state index contributed by atoms with van der Waals surface area (Å²) in [5.41, 5.74) is 2.88. The Morgan fingerprint density at radius 3 is 2.41 bits per heavy atom. The van der Waals surface area contributed by atoms with Crippen LogP contribution in [0.4, 0.5) is 16.6 Å². The van der Waals surface area contributed by atoms with Crippen molar-refractivity contribution in [1.82, 2.24) is 19.8 Å². The highest BCUT2D eigenvalue weighted by molar-refractivity contribution is 5.68. The number of ether oxygens (including phenoxy) is 2. The Balaban J connectivity index is 1.44. The minimum atomic E-state index is -0.490. The number of hydrogen-bond acceptors (Lipinski definition) is 8. The van der Waals surface area contributed by atoms with Crippen LogP contribution in [0, 0.1) is 0 Å². The SMILES string of the molecule is C=CCCCC(c1ccc([C@H](C)Nc2ncc3c(n2)N([C@@H](C)CC=C)C(=C)OC3)cc1)N1CCN(C(=O)OC(C)(C)C)CC1. The first-order chi connectivity index (χ1) is 21.0. The third-order valence-electron chi connectivity index (χ3n) is 8.14. The fourth-order valence-corrected chi connectivity index (χ4v) is 5.77. The van der Waals surface area contributed by atoms with E-state index in [1.807, 2.05) is 48.9 Å². The number of allylic oxidation sites excluding steroid dienone is 1. The van der Waals surface area contributed by atoms with E-state index in [9.17, 15) is 4.79 Å². The monoisotopic (exact) mass is 602 g/mol. The molecule has 2 aliphatic heterocycles. The summed E-state index contributed by atoms with van der Waals surface area (Å²) >= 11 is 0. The van der Waals surface area contributed by atoms with E-state index in [4.69, 9.17) is 14.5 Å². The molecule has 0 bridgehead atoms. The van der Waals surface area contributed by atoms with Crippen LogP contribution in [0.3, 0.4) is 0 Å². The Labute approximate surface area is 263 Å². The Hall–Kier alpha value is -3.85. The van der Waals surface area contributed by atoms with Gasteiger partial charge in [0.05, 0.1) is 11.6 Å². The number of carbonyl (C=O) groups is 1. The molecule has 3 heterocycles. The van der Waals surface area contributed by atoms with E-state index in [2.05, 4.69) is 73.1 Å². The standard InChI is InChI=1S/C35H50N6O3/c1-9-11-12-14-31(39-19-21-40(22-20-39)34(42)44-35(6,7)8)29-17-15-28(16-18-29)26(4)37-33-36-23-30-24-43-27(5)41(32(30)38-33)25(3)13-10-2/h9-10,15-18,23,25-26,31H,1-2,5,11-14,19-22,24H2,3-4,6-8H3,(H,36,37,38)/t25-,26-,31?/m0/s1. The third kappa shape index (κ3) is 8.40. The summed E-state index contributed by atoms with van der Waals surface area (Å²) in [6.45, 7) is 25.2. The van der Waals surface area contributed by atoms with Gasteiger partial charge in [-0.25, -0.2) is 9.78 Å². The number of nitrogens with zero attached hydrogens (tertiary/aromatic N) is 5. The maximum absolute atomic E-state index is 12.6. The van der Waals surface area contributed by atoms with Gasteiger partial charge in [0.1, 0.15) is 18.0 Å². The van der Waals surface area contributed by atoms with Gasteiger partial charge >= 0.3 is 6.09 Å². The van der Waals surface area contributed by atoms with Crippen LogP contribution in [-0.2, 0) is 16.1 Å². The molecule has 1 aromatic heterocycles. The number of nitrogens with one attached hydrogen (secondary N) is 1. The van der Waals surface area contributed by atoms with E-state index in [-0.39, 0.29) is 24.2 Å². The highest BCUT2D eigenvalue weighted by Gasteiger charge is 2.30. The first-order valence-corrected chi connectivity index (χ1v) is 15.8. The highest BCUT2D eigenvalue weighted by Crippen LogP contribution is 2.33. The van der Waals surface area contributed by atoms with Crippen LogP contribution < -0.4 is 10.2 Å². The Kier molecular flexibility index (Phi) is 11.1. The largest absolute Gasteiger partial charge is 0.474 e. The molecular weight excluding hydrogens is 552 g/mol. The molecule has 1 N–H and O–H groups in total. The zero-order chi connectivity index (χ0) is 31.9. The fourth-order valence-electron chi connectivity index (χ4n) is 5.77. The molecule has 238 valence electrons. The van der Waals surface area contributed by atoms with Gasteiger partial charge < -0.3 is 19.7 Å². The number of piperazine rings is 1. The zero-order valence-electron chi connectivity index (χ0n) is 27.2. The Morgan fingerprint density at radius 2 is 1.77 bits per heavy atom. The molecule has 0 aliphatic carbocycles. The summed E-state index contributed by atoms with van der Waals surface area (Å²) in [6, 6.07) is 9.25. The van der Waals surface area contributed by atoms with Crippen molar-refractivity contribution < 1.29 is 14.3 Å². The smallest absolute Gasteiger partial charge is 0.410 e. The molecule has 1 unspecified atom stereocenters. The molecule has 1 amide bonds. The predicted octanol–water partition coefficient (Wildman–Crippen LogP) is 7.37. The van der Waals surface area contributed by atoms with E-state index in [0.29, 0.717) is 31.5 Å². The number of aromatic nitrogens is 2.